The third-order valence-electron chi connectivity index (χ3n) is 4.37. The summed E-state index contributed by atoms with van der Waals surface area (Å²) < 4.78 is 12.8. The Labute approximate surface area is 182 Å². The van der Waals surface area contributed by atoms with Crippen LogP contribution in [0.15, 0.2) is 69.7 Å². The Morgan fingerprint density at radius 1 is 1.23 bits per heavy atom. The zero-order valence-electron chi connectivity index (χ0n) is 16.4. The maximum absolute atomic E-state index is 12.6. The number of methoxy groups -OCH3 is 1. The molecule has 0 aliphatic rings. The van der Waals surface area contributed by atoms with E-state index in [4.69, 9.17) is 9.15 Å². The van der Waals surface area contributed by atoms with E-state index >= 15 is 0 Å². The van der Waals surface area contributed by atoms with Gasteiger partial charge in [0.05, 0.1) is 35.7 Å². The summed E-state index contributed by atoms with van der Waals surface area (Å²) in [6, 6.07) is 15.3. The maximum atomic E-state index is 12.6. The zero-order chi connectivity index (χ0) is 20.9. The smallest absolute Gasteiger partial charge is 0.233 e. The van der Waals surface area contributed by atoms with Crippen molar-refractivity contribution in [3.8, 4) is 22.1 Å². The molecule has 4 aromatic rings. The van der Waals surface area contributed by atoms with E-state index in [9.17, 15) is 4.79 Å². The number of benzene rings is 1. The molecule has 4 rings (SSSR count). The summed E-state index contributed by atoms with van der Waals surface area (Å²) in [7, 11) is 1.63. The number of amides is 1. The highest BCUT2D eigenvalue weighted by Gasteiger charge is 2.23. The van der Waals surface area contributed by atoms with Gasteiger partial charge in [0.15, 0.2) is 11.0 Å². The molecule has 1 aromatic carbocycles. The Balaban J connectivity index is 1.62. The number of thioether (sulfide) groups is 1. The topological polar surface area (TPSA) is 82.2 Å². The number of hydrogen-bond acceptors (Lipinski definition) is 7. The molecule has 0 aliphatic carbocycles. The number of ether oxygens (including phenoxy) is 1. The average molecular weight is 441 g/mol. The Hall–Kier alpha value is -3.04. The molecule has 1 N–H and O–H groups in total. The van der Waals surface area contributed by atoms with E-state index in [-0.39, 0.29) is 11.2 Å². The second-order valence-corrected chi connectivity index (χ2v) is 8.60. The van der Waals surface area contributed by atoms with Gasteiger partial charge in [-0.15, -0.1) is 21.5 Å². The molecular formula is C21H20N4O3S2. The van der Waals surface area contributed by atoms with Crippen LogP contribution < -0.4 is 10.1 Å². The van der Waals surface area contributed by atoms with Crippen LogP contribution in [0.25, 0.3) is 16.4 Å². The molecule has 0 spiro atoms. The first kappa shape index (κ1) is 20.2. The van der Waals surface area contributed by atoms with Gasteiger partial charge in [-0.25, -0.2) is 0 Å². The van der Waals surface area contributed by atoms with Gasteiger partial charge in [0.2, 0.25) is 5.91 Å². The lowest BCUT2D eigenvalue weighted by Gasteiger charge is -2.15. The minimum atomic E-state index is -0.381. The fourth-order valence-corrected chi connectivity index (χ4v) is 4.47. The molecule has 0 saturated heterocycles. The van der Waals surface area contributed by atoms with E-state index in [0.29, 0.717) is 29.0 Å². The summed E-state index contributed by atoms with van der Waals surface area (Å²) in [5.41, 5.74) is 0.819. The lowest BCUT2D eigenvalue weighted by atomic mass is 10.3. The van der Waals surface area contributed by atoms with Gasteiger partial charge in [0.25, 0.3) is 0 Å². The number of para-hydroxylation sites is 2. The first-order chi connectivity index (χ1) is 14.7. The van der Waals surface area contributed by atoms with E-state index in [1.165, 1.54) is 11.8 Å². The summed E-state index contributed by atoms with van der Waals surface area (Å²) in [5.74, 6) is 2.01. The molecule has 7 nitrogen and oxygen atoms in total. The first-order valence-electron chi connectivity index (χ1n) is 9.27. The van der Waals surface area contributed by atoms with Crippen LogP contribution in [-0.2, 0) is 11.3 Å². The van der Waals surface area contributed by atoms with E-state index < -0.39 is 0 Å². The molecule has 0 bridgehead atoms. The number of aromatic nitrogens is 3. The fraction of sp³-hybridized carbons (Fsp3) is 0.190. The molecular weight excluding hydrogens is 420 g/mol. The number of carbonyl (C=O) groups excluding carboxylic acids is 1. The number of rotatable bonds is 8. The van der Waals surface area contributed by atoms with Crippen LogP contribution in [-0.4, -0.2) is 33.0 Å². The van der Waals surface area contributed by atoms with Crippen LogP contribution in [0.2, 0.25) is 0 Å². The van der Waals surface area contributed by atoms with Gasteiger partial charge >= 0.3 is 0 Å². The predicted molar refractivity (Wildman–Crippen MR) is 117 cm³/mol. The number of carbonyl (C=O) groups is 1. The van der Waals surface area contributed by atoms with Crippen molar-refractivity contribution in [1.82, 2.24) is 20.1 Å². The molecule has 3 aromatic heterocycles. The lowest BCUT2D eigenvalue weighted by molar-refractivity contribution is -0.120. The summed E-state index contributed by atoms with van der Waals surface area (Å²) in [5, 5.41) is 13.9. The first-order valence-corrected chi connectivity index (χ1v) is 11.0. The molecule has 154 valence electrons. The molecule has 0 unspecified atom stereocenters. The van der Waals surface area contributed by atoms with Gasteiger partial charge in [-0.2, -0.15) is 0 Å². The number of nitrogens with zero attached hydrogens (tertiary/aromatic N) is 3. The Kier molecular flexibility index (Phi) is 6.20. The highest BCUT2D eigenvalue weighted by Crippen LogP contribution is 2.35. The quantitative estimate of drug-likeness (QED) is 0.409. The van der Waals surface area contributed by atoms with Crippen molar-refractivity contribution in [3.05, 3.63) is 65.9 Å². The molecule has 0 aliphatic heterocycles. The number of hydrogen-bond donors (Lipinski definition) is 1. The van der Waals surface area contributed by atoms with Crippen molar-refractivity contribution >= 4 is 29.0 Å². The monoisotopic (exact) mass is 440 g/mol. The number of furan rings is 1. The SMILES string of the molecule is COc1ccccc1-n1c(S[C@H](C)C(=O)NCc2ccco2)nnc1-c1cccs1. The van der Waals surface area contributed by atoms with Gasteiger partial charge < -0.3 is 14.5 Å². The second-order valence-electron chi connectivity index (χ2n) is 6.35. The van der Waals surface area contributed by atoms with Crippen molar-refractivity contribution in [2.24, 2.45) is 0 Å². The summed E-state index contributed by atoms with van der Waals surface area (Å²) in [6.45, 7) is 2.19. The minimum absolute atomic E-state index is 0.108. The van der Waals surface area contributed by atoms with Crippen LogP contribution in [0.3, 0.4) is 0 Å². The van der Waals surface area contributed by atoms with Crippen LogP contribution >= 0.6 is 23.1 Å². The van der Waals surface area contributed by atoms with Crippen molar-refractivity contribution < 1.29 is 13.9 Å². The number of nitrogens with one attached hydrogen (secondary N) is 1. The van der Waals surface area contributed by atoms with Crippen molar-refractivity contribution in [3.63, 3.8) is 0 Å². The van der Waals surface area contributed by atoms with E-state index in [1.54, 1.807) is 30.8 Å². The maximum Gasteiger partial charge on any atom is 0.233 e. The van der Waals surface area contributed by atoms with Crippen molar-refractivity contribution in [1.29, 1.82) is 0 Å². The van der Waals surface area contributed by atoms with Gasteiger partial charge in [-0.3, -0.25) is 9.36 Å². The van der Waals surface area contributed by atoms with Crippen LogP contribution in [0, 0.1) is 0 Å². The normalized spacial score (nSPS) is 11.9. The molecule has 0 saturated carbocycles. The second kappa shape index (κ2) is 9.19. The highest BCUT2D eigenvalue weighted by atomic mass is 32.2. The summed E-state index contributed by atoms with van der Waals surface area (Å²) in [4.78, 5) is 13.6. The van der Waals surface area contributed by atoms with Crippen molar-refractivity contribution in [2.75, 3.05) is 7.11 Å². The summed E-state index contributed by atoms with van der Waals surface area (Å²) >= 11 is 2.92. The standard InChI is InChI=1S/C21H20N4O3S2/c1-14(20(26)22-13-15-7-5-11-28-15)30-21-24-23-19(18-10-6-12-29-18)25(21)16-8-3-4-9-17(16)27-2/h3-12,14H,13H2,1-2H3,(H,22,26)/t14-/m1/s1. The lowest BCUT2D eigenvalue weighted by Crippen LogP contribution is -2.30. The predicted octanol–water partition coefficient (Wildman–Crippen LogP) is 4.39. The fourth-order valence-electron chi connectivity index (χ4n) is 2.89. The van der Waals surface area contributed by atoms with Gasteiger partial charge in [0, 0.05) is 0 Å². The van der Waals surface area contributed by atoms with Crippen LogP contribution in [0.4, 0.5) is 0 Å². The van der Waals surface area contributed by atoms with Crippen molar-refractivity contribution in [2.45, 2.75) is 23.9 Å². The molecule has 9 heteroatoms. The van der Waals surface area contributed by atoms with Crippen LogP contribution in [0.1, 0.15) is 12.7 Å². The molecule has 1 atom stereocenters. The van der Waals surface area contributed by atoms with Gasteiger partial charge in [0.1, 0.15) is 11.5 Å². The van der Waals surface area contributed by atoms with Crippen LogP contribution in [0.5, 0.6) is 5.75 Å². The Morgan fingerprint density at radius 2 is 2.10 bits per heavy atom. The summed E-state index contributed by atoms with van der Waals surface area (Å²) in [6.07, 6.45) is 1.58. The highest BCUT2D eigenvalue weighted by molar-refractivity contribution is 8.00. The zero-order valence-corrected chi connectivity index (χ0v) is 18.1. The molecule has 3 heterocycles. The minimum Gasteiger partial charge on any atom is -0.495 e. The van der Waals surface area contributed by atoms with Gasteiger partial charge in [-0.05, 0) is 42.6 Å². The van der Waals surface area contributed by atoms with Gasteiger partial charge in [-0.1, -0.05) is 30.0 Å². The Morgan fingerprint density at radius 3 is 2.83 bits per heavy atom. The van der Waals surface area contributed by atoms with E-state index in [0.717, 1.165) is 10.6 Å². The van der Waals surface area contributed by atoms with E-state index in [1.807, 2.05) is 59.3 Å². The largest absolute Gasteiger partial charge is 0.495 e. The average Bonchev–Trinajstić information content (AvgIpc) is 3.53. The molecule has 0 radical (unpaired) electrons. The third kappa shape index (κ3) is 4.27. The molecule has 0 fully saturated rings. The number of thiophene rings is 1. The van der Waals surface area contributed by atoms with E-state index in [2.05, 4.69) is 15.5 Å². The molecule has 1 amide bonds. The third-order valence-corrected chi connectivity index (χ3v) is 6.28. The molecule has 30 heavy (non-hydrogen) atoms. The Bertz CT molecular complexity index is 1110.